The van der Waals surface area contributed by atoms with Crippen molar-refractivity contribution in [3.05, 3.63) is 62.3 Å². The Bertz CT molecular complexity index is 1550. The number of carboxylic acid groups (broad SMARTS) is 1. The average molecular weight is 583 g/mol. The summed E-state index contributed by atoms with van der Waals surface area (Å²) in [6.45, 7) is 8.07. The van der Waals surface area contributed by atoms with Crippen LogP contribution in [0, 0.1) is 0 Å². The number of fused-ring (bicyclic) bond motifs is 2. The van der Waals surface area contributed by atoms with Gasteiger partial charge in [-0.3, -0.25) is 14.4 Å². The van der Waals surface area contributed by atoms with Crippen LogP contribution in [-0.2, 0) is 33.8 Å². The standard InChI is InChI=1S/C32H38O10/c1-19(2)8-10-21-23(17-33)25(41-14-6-12-39-18-34)16-26-29(21)32(38)30-27(42-26)15-24(40-13-5-7-28(35)36)22(31(30)37)11-9-20(3)4/h8-9,15-16,18,33,37H,5-7,10-14,17H2,1-4H3,(H,35,36). The molecule has 0 radical (unpaired) electrons. The Labute approximate surface area is 243 Å². The molecule has 42 heavy (non-hydrogen) atoms. The Hall–Kier alpha value is -4.31. The predicted molar refractivity (Wildman–Crippen MR) is 158 cm³/mol. The zero-order valence-electron chi connectivity index (χ0n) is 24.5. The number of hydrogen-bond acceptors (Lipinski definition) is 9. The van der Waals surface area contributed by atoms with E-state index in [2.05, 4.69) is 0 Å². The molecule has 0 unspecified atom stereocenters. The van der Waals surface area contributed by atoms with Crippen LogP contribution in [-0.4, -0.2) is 47.6 Å². The Kier molecular flexibility index (Phi) is 11.6. The Morgan fingerprint density at radius 1 is 0.857 bits per heavy atom. The maximum atomic E-state index is 14.1. The zero-order valence-corrected chi connectivity index (χ0v) is 24.5. The number of aliphatic hydroxyl groups is 1. The van der Waals surface area contributed by atoms with Gasteiger partial charge in [0, 0.05) is 36.1 Å². The highest BCUT2D eigenvalue weighted by Gasteiger charge is 2.23. The third-order valence-electron chi connectivity index (χ3n) is 6.59. The van der Waals surface area contributed by atoms with Crippen LogP contribution in [0.25, 0.3) is 21.9 Å². The molecule has 1 heterocycles. The van der Waals surface area contributed by atoms with E-state index < -0.39 is 18.0 Å². The van der Waals surface area contributed by atoms with Gasteiger partial charge < -0.3 is 33.9 Å². The zero-order chi connectivity index (χ0) is 30.8. The lowest BCUT2D eigenvalue weighted by atomic mass is 9.95. The first-order chi connectivity index (χ1) is 20.1. The van der Waals surface area contributed by atoms with Crippen molar-refractivity contribution in [2.75, 3.05) is 19.8 Å². The predicted octanol–water partition coefficient (Wildman–Crippen LogP) is 5.35. The van der Waals surface area contributed by atoms with Gasteiger partial charge in [0.2, 0.25) is 5.43 Å². The highest BCUT2D eigenvalue weighted by atomic mass is 16.5. The summed E-state index contributed by atoms with van der Waals surface area (Å²) in [6, 6.07) is 3.08. The van der Waals surface area contributed by atoms with Crippen LogP contribution in [0.3, 0.4) is 0 Å². The van der Waals surface area contributed by atoms with Crippen molar-refractivity contribution >= 4 is 34.4 Å². The summed E-state index contributed by atoms with van der Waals surface area (Å²) in [5, 5.41) is 30.9. The number of aliphatic hydroxyl groups excluding tert-OH is 1. The second-order valence-corrected chi connectivity index (χ2v) is 10.4. The van der Waals surface area contributed by atoms with Gasteiger partial charge in [0.1, 0.15) is 33.8 Å². The highest BCUT2D eigenvalue weighted by molar-refractivity contribution is 5.97. The van der Waals surface area contributed by atoms with E-state index in [1.165, 1.54) is 12.1 Å². The third kappa shape index (κ3) is 7.91. The molecule has 0 fully saturated rings. The minimum atomic E-state index is -0.942. The molecule has 0 saturated heterocycles. The second-order valence-electron chi connectivity index (χ2n) is 10.4. The molecule has 0 saturated carbocycles. The molecule has 226 valence electrons. The monoisotopic (exact) mass is 582 g/mol. The van der Waals surface area contributed by atoms with E-state index in [9.17, 15) is 24.6 Å². The Balaban J connectivity index is 2.27. The SMILES string of the molecule is CC(C)=CCc1c(OCCCC(=O)O)cc2oc3cc(OCCCOC=O)c(CO)c(CC=C(C)C)c3c(=O)c2c1O. The van der Waals surface area contributed by atoms with Crippen LogP contribution in [0.15, 0.2) is 44.6 Å². The van der Waals surface area contributed by atoms with Gasteiger partial charge >= 0.3 is 5.97 Å². The number of allylic oxidation sites excluding steroid dienone is 4. The van der Waals surface area contributed by atoms with Crippen molar-refractivity contribution in [2.45, 2.75) is 66.4 Å². The fourth-order valence-electron chi connectivity index (χ4n) is 4.51. The number of aliphatic carboxylic acids is 1. The number of carbonyl (C=O) groups excluding carboxylic acids is 1. The minimum absolute atomic E-state index is 0.0143. The number of benzene rings is 2. The molecule has 3 rings (SSSR count). The summed E-state index contributed by atoms with van der Waals surface area (Å²) >= 11 is 0. The van der Waals surface area contributed by atoms with Crippen molar-refractivity contribution in [1.82, 2.24) is 0 Å². The molecule has 0 aliphatic heterocycles. The summed E-state index contributed by atoms with van der Waals surface area (Å²) in [5.74, 6) is -0.607. The van der Waals surface area contributed by atoms with Crippen LogP contribution in [0.2, 0.25) is 0 Å². The molecule has 0 atom stereocenters. The molecule has 0 aliphatic carbocycles. The van der Waals surface area contributed by atoms with E-state index in [0.29, 0.717) is 41.8 Å². The molecular weight excluding hydrogens is 544 g/mol. The maximum absolute atomic E-state index is 14.1. The highest BCUT2D eigenvalue weighted by Crippen LogP contribution is 2.39. The molecule has 2 aromatic carbocycles. The van der Waals surface area contributed by atoms with E-state index in [-0.39, 0.29) is 72.5 Å². The number of hydrogen-bond donors (Lipinski definition) is 3. The minimum Gasteiger partial charge on any atom is -0.507 e. The van der Waals surface area contributed by atoms with E-state index >= 15 is 0 Å². The van der Waals surface area contributed by atoms with Crippen LogP contribution < -0.4 is 14.9 Å². The van der Waals surface area contributed by atoms with E-state index in [4.69, 9.17) is 23.7 Å². The second kappa shape index (κ2) is 15.1. The molecule has 3 aromatic rings. The van der Waals surface area contributed by atoms with Crippen molar-refractivity contribution in [2.24, 2.45) is 0 Å². The van der Waals surface area contributed by atoms with Gasteiger partial charge in [-0.2, -0.15) is 0 Å². The fourth-order valence-corrected chi connectivity index (χ4v) is 4.51. The van der Waals surface area contributed by atoms with Crippen LogP contribution in [0.5, 0.6) is 17.2 Å². The normalized spacial score (nSPS) is 10.9. The third-order valence-corrected chi connectivity index (χ3v) is 6.59. The lowest BCUT2D eigenvalue weighted by Gasteiger charge is -2.18. The number of aromatic hydroxyl groups is 1. The van der Waals surface area contributed by atoms with Gasteiger partial charge in [-0.1, -0.05) is 23.3 Å². The van der Waals surface area contributed by atoms with Gasteiger partial charge in [0.05, 0.1) is 31.8 Å². The van der Waals surface area contributed by atoms with E-state index in [0.717, 1.165) is 11.1 Å². The summed E-state index contributed by atoms with van der Waals surface area (Å²) in [4.78, 5) is 35.5. The molecule has 0 amide bonds. The van der Waals surface area contributed by atoms with Gasteiger partial charge in [0.15, 0.2) is 0 Å². The fraction of sp³-hybridized carbons (Fsp3) is 0.406. The molecule has 0 aliphatic rings. The van der Waals surface area contributed by atoms with Gasteiger partial charge in [-0.05, 0) is 52.5 Å². The largest absolute Gasteiger partial charge is 0.507 e. The number of phenolic OH excluding ortho intramolecular Hbond substituents is 1. The van der Waals surface area contributed by atoms with Crippen molar-refractivity contribution in [3.8, 4) is 17.2 Å². The summed E-state index contributed by atoms with van der Waals surface area (Å²) in [7, 11) is 0. The van der Waals surface area contributed by atoms with Crippen molar-refractivity contribution in [3.63, 3.8) is 0 Å². The van der Waals surface area contributed by atoms with Gasteiger partial charge in [0.25, 0.3) is 6.47 Å². The summed E-state index contributed by atoms with van der Waals surface area (Å²) < 4.78 is 22.7. The molecule has 0 bridgehead atoms. The van der Waals surface area contributed by atoms with Crippen LogP contribution in [0.1, 0.15) is 63.6 Å². The molecule has 0 spiro atoms. The quantitative estimate of drug-likeness (QED) is 0.0872. The first-order valence-corrected chi connectivity index (χ1v) is 13.8. The lowest BCUT2D eigenvalue weighted by Crippen LogP contribution is -2.12. The van der Waals surface area contributed by atoms with E-state index in [1.54, 1.807) is 0 Å². The summed E-state index contributed by atoms with van der Waals surface area (Å²) in [6.07, 6.45) is 5.00. The Morgan fingerprint density at radius 2 is 1.43 bits per heavy atom. The first kappa shape index (κ1) is 32.2. The lowest BCUT2D eigenvalue weighted by molar-refractivity contribution is -0.137. The van der Waals surface area contributed by atoms with Gasteiger partial charge in [-0.25, -0.2) is 0 Å². The first-order valence-electron chi connectivity index (χ1n) is 13.8. The Morgan fingerprint density at radius 3 is 2.00 bits per heavy atom. The number of ether oxygens (including phenoxy) is 3. The number of phenols is 1. The number of carbonyl (C=O) groups is 2. The van der Waals surface area contributed by atoms with Gasteiger partial charge in [-0.15, -0.1) is 0 Å². The topological polar surface area (TPSA) is 153 Å². The van der Waals surface area contributed by atoms with Crippen LogP contribution >= 0.6 is 0 Å². The van der Waals surface area contributed by atoms with E-state index in [1.807, 2.05) is 39.8 Å². The molecule has 1 aromatic heterocycles. The maximum Gasteiger partial charge on any atom is 0.303 e. The number of rotatable bonds is 16. The summed E-state index contributed by atoms with van der Waals surface area (Å²) in [5.41, 5.74) is 3.16. The molecule has 10 nitrogen and oxygen atoms in total. The molecular formula is C32H38O10. The smallest absolute Gasteiger partial charge is 0.303 e. The van der Waals surface area contributed by atoms with Crippen LogP contribution in [0.4, 0.5) is 0 Å². The molecule has 3 N–H and O–H groups in total. The number of carboxylic acids is 1. The van der Waals surface area contributed by atoms with Crippen molar-refractivity contribution in [1.29, 1.82) is 0 Å². The molecule has 10 heteroatoms. The average Bonchev–Trinajstić information content (AvgIpc) is 2.92. The van der Waals surface area contributed by atoms with Crippen molar-refractivity contribution < 1.29 is 43.5 Å².